The zero-order valence-corrected chi connectivity index (χ0v) is 17.4. The van der Waals surface area contributed by atoms with E-state index in [0.29, 0.717) is 34.7 Å². The first kappa shape index (κ1) is 20.4. The van der Waals surface area contributed by atoms with Crippen molar-refractivity contribution < 1.29 is 19.4 Å². The van der Waals surface area contributed by atoms with Gasteiger partial charge in [0.05, 0.1) is 30.9 Å². The van der Waals surface area contributed by atoms with Crippen molar-refractivity contribution in [2.24, 2.45) is 0 Å². The predicted octanol–water partition coefficient (Wildman–Crippen LogP) is 4.20. The van der Waals surface area contributed by atoms with Crippen LogP contribution in [0.25, 0.3) is 22.2 Å². The SMILES string of the molecule is COc1cc(-c2cc(C(=O)[O-])c3cccc(C)c3n2)ccc1OCCc1ccccc1. The molecule has 5 heteroatoms. The lowest BCUT2D eigenvalue weighted by molar-refractivity contribution is -0.254. The first-order valence-corrected chi connectivity index (χ1v) is 10.0. The van der Waals surface area contributed by atoms with Crippen molar-refractivity contribution in [1.82, 2.24) is 4.98 Å². The molecule has 0 unspecified atom stereocenters. The number of pyridine rings is 1. The molecule has 156 valence electrons. The van der Waals surface area contributed by atoms with Gasteiger partial charge in [0.15, 0.2) is 11.5 Å². The van der Waals surface area contributed by atoms with Gasteiger partial charge in [-0.25, -0.2) is 4.98 Å². The molecule has 0 aliphatic heterocycles. The average molecular weight is 412 g/mol. The fourth-order valence-electron chi connectivity index (χ4n) is 3.58. The van der Waals surface area contributed by atoms with E-state index in [1.807, 2.05) is 55.5 Å². The van der Waals surface area contributed by atoms with Crippen LogP contribution in [0.3, 0.4) is 0 Å². The molecule has 0 spiro atoms. The summed E-state index contributed by atoms with van der Waals surface area (Å²) >= 11 is 0. The largest absolute Gasteiger partial charge is 0.545 e. The summed E-state index contributed by atoms with van der Waals surface area (Å²) in [5.74, 6) is -0.0430. The molecule has 0 aliphatic carbocycles. The maximum absolute atomic E-state index is 11.7. The number of carboxylic acids is 1. The Balaban J connectivity index is 1.65. The molecule has 0 saturated carbocycles. The summed E-state index contributed by atoms with van der Waals surface area (Å²) < 4.78 is 11.4. The van der Waals surface area contributed by atoms with Crippen LogP contribution in [0.5, 0.6) is 11.5 Å². The minimum Gasteiger partial charge on any atom is -0.545 e. The Morgan fingerprint density at radius 1 is 0.968 bits per heavy atom. The number of methoxy groups -OCH3 is 1. The molecular formula is C26H22NO4-. The Morgan fingerprint density at radius 2 is 1.77 bits per heavy atom. The summed E-state index contributed by atoms with van der Waals surface area (Å²) in [6, 6.07) is 22.6. The van der Waals surface area contributed by atoms with Crippen LogP contribution in [-0.4, -0.2) is 24.7 Å². The maximum atomic E-state index is 11.7. The number of aryl methyl sites for hydroxylation is 1. The van der Waals surface area contributed by atoms with E-state index >= 15 is 0 Å². The van der Waals surface area contributed by atoms with Gasteiger partial charge in [0.1, 0.15) is 0 Å². The van der Waals surface area contributed by atoms with Gasteiger partial charge in [0.2, 0.25) is 0 Å². The van der Waals surface area contributed by atoms with Crippen molar-refractivity contribution in [3.8, 4) is 22.8 Å². The summed E-state index contributed by atoms with van der Waals surface area (Å²) in [5, 5.41) is 12.3. The van der Waals surface area contributed by atoms with Crippen LogP contribution < -0.4 is 14.6 Å². The smallest absolute Gasteiger partial charge is 0.161 e. The predicted molar refractivity (Wildman–Crippen MR) is 118 cm³/mol. The van der Waals surface area contributed by atoms with Gasteiger partial charge < -0.3 is 19.4 Å². The highest BCUT2D eigenvalue weighted by atomic mass is 16.5. The van der Waals surface area contributed by atoms with Crippen molar-refractivity contribution in [3.05, 3.63) is 89.5 Å². The molecule has 4 aromatic rings. The van der Waals surface area contributed by atoms with E-state index in [9.17, 15) is 9.90 Å². The molecule has 0 atom stereocenters. The summed E-state index contributed by atoms with van der Waals surface area (Å²) in [7, 11) is 1.58. The Labute approximate surface area is 180 Å². The molecular weight excluding hydrogens is 390 g/mol. The molecule has 1 heterocycles. The molecule has 31 heavy (non-hydrogen) atoms. The van der Waals surface area contributed by atoms with Crippen LogP contribution in [0.15, 0.2) is 72.8 Å². The van der Waals surface area contributed by atoms with Crippen LogP contribution in [0.2, 0.25) is 0 Å². The highest BCUT2D eigenvalue weighted by Gasteiger charge is 2.13. The zero-order chi connectivity index (χ0) is 21.8. The van der Waals surface area contributed by atoms with Gasteiger partial charge in [0, 0.05) is 22.9 Å². The Kier molecular flexibility index (Phi) is 5.85. The van der Waals surface area contributed by atoms with Crippen LogP contribution in [-0.2, 0) is 6.42 Å². The number of benzene rings is 3. The Bertz CT molecular complexity index is 1240. The minimum absolute atomic E-state index is 0.117. The van der Waals surface area contributed by atoms with E-state index in [0.717, 1.165) is 17.5 Å². The van der Waals surface area contributed by atoms with Gasteiger partial charge in [0.25, 0.3) is 0 Å². The van der Waals surface area contributed by atoms with Crippen LogP contribution in [0, 0.1) is 6.92 Å². The van der Waals surface area contributed by atoms with Crippen molar-refractivity contribution in [2.45, 2.75) is 13.3 Å². The number of para-hydroxylation sites is 1. The number of carbonyl (C=O) groups excluding carboxylic acids is 1. The summed E-state index contributed by atoms with van der Waals surface area (Å²) in [4.78, 5) is 16.4. The molecule has 0 amide bonds. The lowest BCUT2D eigenvalue weighted by Gasteiger charge is -2.14. The Hall–Kier alpha value is -3.86. The van der Waals surface area contributed by atoms with E-state index in [-0.39, 0.29) is 5.56 Å². The lowest BCUT2D eigenvalue weighted by atomic mass is 10.0. The lowest BCUT2D eigenvalue weighted by Crippen LogP contribution is -2.22. The molecule has 0 saturated heterocycles. The highest BCUT2D eigenvalue weighted by Crippen LogP contribution is 2.34. The fourth-order valence-corrected chi connectivity index (χ4v) is 3.58. The summed E-state index contributed by atoms with van der Waals surface area (Å²) in [5.41, 5.74) is 4.13. The zero-order valence-electron chi connectivity index (χ0n) is 17.4. The Morgan fingerprint density at radius 3 is 2.52 bits per heavy atom. The third kappa shape index (κ3) is 4.36. The highest BCUT2D eigenvalue weighted by molar-refractivity contribution is 6.03. The summed E-state index contributed by atoms with van der Waals surface area (Å²) in [6.07, 6.45) is 0.784. The fraction of sp³-hybridized carbons (Fsp3) is 0.154. The van der Waals surface area contributed by atoms with Crippen molar-refractivity contribution in [1.29, 1.82) is 0 Å². The van der Waals surface area contributed by atoms with E-state index in [2.05, 4.69) is 12.1 Å². The van der Waals surface area contributed by atoms with Gasteiger partial charge in [-0.05, 0) is 42.3 Å². The topological polar surface area (TPSA) is 71.5 Å². The monoisotopic (exact) mass is 412 g/mol. The standard InChI is InChI=1S/C26H23NO4/c1-17-7-6-10-20-21(26(28)29)16-22(27-25(17)20)19-11-12-23(24(15-19)30-2)31-14-13-18-8-4-3-5-9-18/h3-12,15-16H,13-14H2,1-2H3,(H,28,29)/p-1. The number of hydrogen-bond acceptors (Lipinski definition) is 5. The van der Waals surface area contributed by atoms with Crippen LogP contribution in [0.1, 0.15) is 21.5 Å². The summed E-state index contributed by atoms with van der Waals surface area (Å²) in [6.45, 7) is 2.42. The number of carbonyl (C=O) groups is 1. The van der Waals surface area contributed by atoms with Gasteiger partial charge in [-0.1, -0.05) is 48.5 Å². The third-order valence-electron chi connectivity index (χ3n) is 5.21. The third-order valence-corrected chi connectivity index (χ3v) is 5.21. The normalized spacial score (nSPS) is 10.8. The number of rotatable bonds is 7. The van der Waals surface area contributed by atoms with E-state index < -0.39 is 5.97 Å². The second-order valence-corrected chi connectivity index (χ2v) is 7.26. The number of nitrogens with zero attached hydrogens (tertiary/aromatic N) is 1. The number of hydrogen-bond donors (Lipinski definition) is 0. The molecule has 0 fully saturated rings. The first-order valence-electron chi connectivity index (χ1n) is 10.0. The van der Waals surface area contributed by atoms with Crippen molar-refractivity contribution in [2.75, 3.05) is 13.7 Å². The molecule has 4 rings (SSSR count). The van der Waals surface area contributed by atoms with Gasteiger partial charge in [-0.2, -0.15) is 0 Å². The van der Waals surface area contributed by atoms with Crippen molar-refractivity contribution in [3.63, 3.8) is 0 Å². The molecule has 3 aromatic carbocycles. The number of aromatic carboxylic acids is 1. The maximum Gasteiger partial charge on any atom is 0.161 e. The molecule has 1 aromatic heterocycles. The van der Waals surface area contributed by atoms with Crippen LogP contribution in [0.4, 0.5) is 0 Å². The number of fused-ring (bicyclic) bond motifs is 1. The molecule has 0 N–H and O–H groups in total. The van der Waals surface area contributed by atoms with Crippen molar-refractivity contribution >= 4 is 16.9 Å². The number of carboxylic acid groups (broad SMARTS) is 1. The van der Waals surface area contributed by atoms with E-state index in [4.69, 9.17) is 14.5 Å². The molecule has 0 aliphatic rings. The number of ether oxygens (including phenoxy) is 2. The molecule has 0 radical (unpaired) electrons. The number of aromatic nitrogens is 1. The average Bonchev–Trinajstić information content (AvgIpc) is 2.79. The van der Waals surface area contributed by atoms with Crippen LogP contribution >= 0.6 is 0 Å². The van der Waals surface area contributed by atoms with Gasteiger partial charge in [-0.3, -0.25) is 0 Å². The van der Waals surface area contributed by atoms with E-state index in [1.165, 1.54) is 5.56 Å². The second kappa shape index (κ2) is 8.88. The molecule has 0 bridgehead atoms. The van der Waals surface area contributed by atoms with Gasteiger partial charge in [-0.15, -0.1) is 0 Å². The quantitative estimate of drug-likeness (QED) is 0.455. The molecule has 5 nitrogen and oxygen atoms in total. The van der Waals surface area contributed by atoms with E-state index in [1.54, 1.807) is 19.2 Å². The first-order chi connectivity index (χ1) is 15.1. The van der Waals surface area contributed by atoms with Gasteiger partial charge >= 0.3 is 0 Å². The minimum atomic E-state index is -1.23. The second-order valence-electron chi connectivity index (χ2n) is 7.26.